The van der Waals surface area contributed by atoms with Crippen molar-refractivity contribution in [1.29, 1.82) is 0 Å². The van der Waals surface area contributed by atoms with Gasteiger partial charge in [-0.2, -0.15) is 0 Å². The highest BCUT2D eigenvalue weighted by Gasteiger charge is 2.07. The molecule has 2 aromatic carbocycles. The number of hydrogen-bond acceptors (Lipinski definition) is 3. The van der Waals surface area contributed by atoms with Gasteiger partial charge in [-0.3, -0.25) is 4.99 Å². The van der Waals surface area contributed by atoms with E-state index in [1.54, 1.807) is 18.3 Å². The quantitative estimate of drug-likeness (QED) is 0.684. The van der Waals surface area contributed by atoms with E-state index in [9.17, 15) is 9.50 Å². The molecule has 0 saturated heterocycles. The lowest BCUT2D eigenvalue weighted by atomic mass is 10.2. The Morgan fingerprint density at radius 3 is 2.42 bits per heavy atom. The Hall–Kier alpha value is -2.20. The molecule has 2 nitrogen and oxygen atoms in total. The van der Waals surface area contributed by atoms with Gasteiger partial charge in [0.25, 0.3) is 0 Å². The van der Waals surface area contributed by atoms with E-state index in [2.05, 4.69) is 4.99 Å². The zero-order chi connectivity index (χ0) is 13.2. The number of hydrogen-bond donors (Lipinski definition) is 1. The van der Waals surface area contributed by atoms with Crippen LogP contribution in [0.3, 0.4) is 0 Å². The zero-order valence-corrected chi connectivity index (χ0v) is 10.7. The molecular weight excluding hydrogens is 261 g/mol. The van der Waals surface area contributed by atoms with Gasteiger partial charge in [-0.05, 0) is 30.3 Å². The van der Waals surface area contributed by atoms with Crippen LogP contribution in [0.4, 0.5) is 10.1 Å². The molecule has 3 aromatic rings. The van der Waals surface area contributed by atoms with E-state index in [0.717, 1.165) is 15.6 Å². The molecule has 19 heavy (non-hydrogen) atoms. The average Bonchev–Trinajstić information content (AvgIpc) is 2.76. The lowest BCUT2D eigenvalue weighted by Crippen LogP contribution is -1.76. The Bertz CT molecular complexity index is 746. The SMILES string of the molecule is Oc1sc(C=Nc2ccc(F)cc2)c2ccccc12. The Labute approximate surface area is 113 Å². The summed E-state index contributed by atoms with van der Waals surface area (Å²) in [6.45, 7) is 0. The molecule has 0 saturated carbocycles. The Balaban J connectivity index is 1.99. The maximum absolute atomic E-state index is 12.8. The van der Waals surface area contributed by atoms with Crippen molar-refractivity contribution < 1.29 is 9.50 Å². The first-order valence-corrected chi connectivity index (χ1v) is 6.56. The summed E-state index contributed by atoms with van der Waals surface area (Å²) in [5, 5.41) is 11.9. The summed E-state index contributed by atoms with van der Waals surface area (Å²) in [7, 11) is 0. The van der Waals surface area contributed by atoms with E-state index in [1.165, 1.54) is 23.5 Å². The third kappa shape index (κ3) is 2.35. The summed E-state index contributed by atoms with van der Waals surface area (Å²) < 4.78 is 12.8. The molecule has 0 atom stereocenters. The normalized spacial score (nSPS) is 11.4. The summed E-state index contributed by atoms with van der Waals surface area (Å²) in [5.41, 5.74) is 0.679. The summed E-state index contributed by atoms with van der Waals surface area (Å²) >= 11 is 1.28. The van der Waals surface area contributed by atoms with Crippen LogP contribution in [0.1, 0.15) is 4.88 Å². The van der Waals surface area contributed by atoms with Crippen LogP contribution in [0.25, 0.3) is 10.8 Å². The number of benzene rings is 2. The standard InChI is InChI=1S/C15H10FNOS/c16-10-5-7-11(8-6-10)17-9-14-12-3-1-2-4-13(12)15(18)19-14/h1-9,18H. The number of aliphatic imine (C=N–C) groups is 1. The first-order valence-electron chi connectivity index (χ1n) is 5.74. The summed E-state index contributed by atoms with van der Waals surface area (Å²) in [4.78, 5) is 5.18. The van der Waals surface area contributed by atoms with Gasteiger partial charge in [0.2, 0.25) is 0 Å². The second-order valence-corrected chi connectivity index (χ2v) is 5.08. The summed E-state index contributed by atoms with van der Waals surface area (Å²) in [6.07, 6.45) is 1.69. The fraction of sp³-hybridized carbons (Fsp3) is 0. The lowest BCUT2D eigenvalue weighted by Gasteiger charge is -1.93. The van der Waals surface area contributed by atoms with Crippen LogP contribution in [-0.2, 0) is 0 Å². The first kappa shape index (κ1) is 11.9. The summed E-state index contributed by atoms with van der Waals surface area (Å²) in [6, 6.07) is 13.6. The van der Waals surface area contributed by atoms with Gasteiger partial charge in [-0.15, -0.1) is 0 Å². The zero-order valence-electron chi connectivity index (χ0n) is 9.88. The van der Waals surface area contributed by atoms with Gasteiger partial charge in [0.1, 0.15) is 5.82 Å². The number of nitrogens with zero attached hydrogens (tertiary/aromatic N) is 1. The van der Waals surface area contributed by atoms with Crippen LogP contribution in [0, 0.1) is 5.82 Å². The van der Waals surface area contributed by atoms with Gasteiger partial charge >= 0.3 is 0 Å². The molecule has 0 aliphatic heterocycles. The molecule has 1 heterocycles. The number of thiophene rings is 1. The molecule has 0 fully saturated rings. The van der Waals surface area contributed by atoms with E-state index < -0.39 is 0 Å². The maximum atomic E-state index is 12.8. The third-order valence-corrected chi connectivity index (χ3v) is 3.75. The van der Waals surface area contributed by atoms with Gasteiger partial charge < -0.3 is 5.11 Å². The van der Waals surface area contributed by atoms with Gasteiger partial charge in [-0.1, -0.05) is 29.5 Å². The topological polar surface area (TPSA) is 32.6 Å². The number of rotatable bonds is 2. The second kappa shape index (κ2) is 4.82. The minimum absolute atomic E-state index is 0.279. The van der Waals surface area contributed by atoms with Crippen LogP contribution in [0.5, 0.6) is 5.06 Å². The Morgan fingerprint density at radius 2 is 1.68 bits per heavy atom. The predicted octanol–water partition coefficient (Wildman–Crippen LogP) is 4.50. The number of fused-ring (bicyclic) bond motifs is 1. The van der Waals surface area contributed by atoms with Gasteiger partial charge in [0.15, 0.2) is 5.06 Å². The van der Waals surface area contributed by atoms with Crippen LogP contribution in [-0.4, -0.2) is 11.3 Å². The van der Waals surface area contributed by atoms with Crippen molar-refractivity contribution >= 4 is 34.0 Å². The fourth-order valence-electron chi connectivity index (χ4n) is 1.85. The first-order chi connectivity index (χ1) is 9.24. The Kier molecular flexibility index (Phi) is 3.01. The predicted molar refractivity (Wildman–Crippen MR) is 77.1 cm³/mol. The minimum Gasteiger partial charge on any atom is -0.499 e. The molecule has 94 valence electrons. The molecule has 1 aromatic heterocycles. The van der Waals surface area contributed by atoms with E-state index in [1.807, 2.05) is 24.3 Å². The van der Waals surface area contributed by atoms with E-state index >= 15 is 0 Å². The molecule has 4 heteroatoms. The second-order valence-electron chi connectivity index (χ2n) is 4.05. The number of aromatic hydroxyl groups is 1. The van der Waals surface area contributed by atoms with Gasteiger partial charge in [0.05, 0.1) is 10.6 Å². The lowest BCUT2D eigenvalue weighted by molar-refractivity contribution is 0.496. The van der Waals surface area contributed by atoms with Crippen LogP contribution in [0.15, 0.2) is 53.5 Å². The monoisotopic (exact) mass is 271 g/mol. The van der Waals surface area contributed by atoms with Crippen molar-refractivity contribution in [3.63, 3.8) is 0 Å². The molecule has 1 N–H and O–H groups in total. The largest absolute Gasteiger partial charge is 0.499 e. The van der Waals surface area contributed by atoms with Gasteiger partial charge in [0, 0.05) is 17.0 Å². The van der Waals surface area contributed by atoms with Gasteiger partial charge in [-0.25, -0.2) is 4.39 Å². The maximum Gasteiger partial charge on any atom is 0.179 e. The average molecular weight is 271 g/mol. The number of halogens is 1. The van der Waals surface area contributed by atoms with Crippen molar-refractivity contribution in [2.45, 2.75) is 0 Å². The highest BCUT2D eigenvalue weighted by atomic mass is 32.1. The molecule has 0 unspecified atom stereocenters. The highest BCUT2D eigenvalue weighted by Crippen LogP contribution is 2.35. The van der Waals surface area contributed by atoms with Crippen molar-refractivity contribution in [3.05, 3.63) is 59.2 Å². The molecule has 0 spiro atoms. The smallest absolute Gasteiger partial charge is 0.179 e. The van der Waals surface area contributed by atoms with Crippen molar-refractivity contribution in [2.24, 2.45) is 4.99 Å². The minimum atomic E-state index is -0.279. The van der Waals surface area contributed by atoms with Crippen LogP contribution < -0.4 is 0 Å². The van der Waals surface area contributed by atoms with E-state index in [-0.39, 0.29) is 10.9 Å². The summed E-state index contributed by atoms with van der Waals surface area (Å²) in [5.74, 6) is -0.279. The van der Waals surface area contributed by atoms with Crippen LogP contribution in [0.2, 0.25) is 0 Å². The van der Waals surface area contributed by atoms with Crippen LogP contribution >= 0.6 is 11.3 Å². The fourth-order valence-corrected chi connectivity index (χ4v) is 2.74. The molecule has 3 rings (SSSR count). The molecule has 0 amide bonds. The molecule has 0 radical (unpaired) electrons. The molecule has 0 aliphatic rings. The van der Waals surface area contributed by atoms with Crippen molar-refractivity contribution in [1.82, 2.24) is 0 Å². The van der Waals surface area contributed by atoms with Crippen molar-refractivity contribution in [3.8, 4) is 5.06 Å². The molecular formula is C15H10FNOS. The van der Waals surface area contributed by atoms with E-state index in [4.69, 9.17) is 0 Å². The highest BCUT2D eigenvalue weighted by molar-refractivity contribution is 7.17. The molecule has 0 bridgehead atoms. The third-order valence-electron chi connectivity index (χ3n) is 2.79. The van der Waals surface area contributed by atoms with Crippen molar-refractivity contribution in [2.75, 3.05) is 0 Å². The molecule has 0 aliphatic carbocycles. The Morgan fingerprint density at radius 1 is 1.00 bits per heavy atom. The van der Waals surface area contributed by atoms with E-state index in [0.29, 0.717) is 5.69 Å².